The van der Waals surface area contributed by atoms with Gasteiger partial charge in [-0.1, -0.05) is 54.4 Å². The highest BCUT2D eigenvalue weighted by molar-refractivity contribution is 7.98. The summed E-state index contributed by atoms with van der Waals surface area (Å²) in [6, 6.07) is 14.4. The summed E-state index contributed by atoms with van der Waals surface area (Å²) >= 11 is 14.0. The summed E-state index contributed by atoms with van der Waals surface area (Å²) < 4.78 is 0. The number of benzene rings is 2. The topological polar surface area (TPSA) is 12.0 Å². The summed E-state index contributed by atoms with van der Waals surface area (Å²) in [5.41, 5.74) is 2.37. The van der Waals surface area contributed by atoms with Gasteiger partial charge in [0.15, 0.2) is 0 Å². The minimum Gasteiger partial charge on any atom is -0.313 e. The highest BCUT2D eigenvalue weighted by atomic mass is 35.5. The van der Waals surface area contributed by atoms with Crippen molar-refractivity contribution in [3.63, 3.8) is 0 Å². The van der Waals surface area contributed by atoms with Gasteiger partial charge in [-0.15, -0.1) is 11.8 Å². The highest BCUT2D eigenvalue weighted by Crippen LogP contribution is 2.31. The number of hydrogen-bond donors (Lipinski definition) is 1. The molecule has 4 heteroatoms. The predicted molar refractivity (Wildman–Crippen MR) is 89.8 cm³/mol. The third-order valence-electron chi connectivity index (χ3n) is 2.93. The molecule has 0 aliphatic carbocycles. The fourth-order valence-corrected chi connectivity index (χ4v) is 3.15. The molecule has 20 heavy (non-hydrogen) atoms. The summed E-state index contributed by atoms with van der Waals surface area (Å²) in [6.45, 7) is 4.02. The first-order chi connectivity index (χ1) is 9.70. The van der Waals surface area contributed by atoms with E-state index in [4.69, 9.17) is 23.2 Å². The summed E-state index contributed by atoms with van der Waals surface area (Å²) in [7, 11) is 0. The Morgan fingerprint density at radius 2 is 1.80 bits per heavy atom. The average Bonchev–Trinajstić information content (AvgIpc) is 2.48. The number of thioether (sulfide) groups is 1. The Hall–Kier alpha value is -0.670. The smallest absolute Gasteiger partial charge is 0.0632 e. The molecule has 0 fully saturated rings. The Morgan fingerprint density at radius 1 is 1.05 bits per heavy atom. The van der Waals surface area contributed by atoms with Crippen molar-refractivity contribution in [3.05, 3.63) is 63.6 Å². The lowest BCUT2D eigenvalue weighted by atomic mass is 10.2. The lowest BCUT2D eigenvalue weighted by molar-refractivity contribution is 0.726. The van der Waals surface area contributed by atoms with Crippen LogP contribution in [-0.4, -0.2) is 6.54 Å². The van der Waals surface area contributed by atoms with Crippen LogP contribution < -0.4 is 5.32 Å². The molecule has 0 amide bonds. The maximum absolute atomic E-state index is 6.19. The molecule has 106 valence electrons. The van der Waals surface area contributed by atoms with E-state index in [1.165, 1.54) is 10.5 Å². The molecule has 0 aromatic heterocycles. The van der Waals surface area contributed by atoms with Crippen LogP contribution in [0.25, 0.3) is 0 Å². The fourth-order valence-electron chi connectivity index (χ4n) is 1.79. The number of nitrogens with one attached hydrogen (secondary N) is 1. The van der Waals surface area contributed by atoms with Gasteiger partial charge in [-0.05, 0) is 35.9 Å². The first-order valence-corrected chi connectivity index (χ1v) is 8.30. The Morgan fingerprint density at radius 3 is 2.50 bits per heavy atom. The van der Waals surface area contributed by atoms with Crippen LogP contribution in [0.2, 0.25) is 10.0 Å². The minimum absolute atomic E-state index is 0.616. The molecule has 0 heterocycles. The molecule has 0 aliphatic rings. The Labute approximate surface area is 134 Å². The van der Waals surface area contributed by atoms with E-state index in [9.17, 15) is 0 Å². The normalized spacial score (nSPS) is 10.8. The lowest BCUT2D eigenvalue weighted by Crippen LogP contribution is -2.11. The molecular formula is C16H17Cl2NS. The van der Waals surface area contributed by atoms with Crippen molar-refractivity contribution >= 4 is 35.0 Å². The average molecular weight is 326 g/mol. The monoisotopic (exact) mass is 325 g/mol. The molecule has 2 rings (SSSR count). The van der Waals surface area contributed by atoms with Crippen molar-refractivity contribution < 1.29 is 0 Å². The van der Waals surface area contributed by atoms with Gasteiger partial charge >= 0.3 is 0 Å². The van der Waals surface area contributed by atoms with Gasteiger partial charge in [0.1, 0.15) is 0 Å². The van der Waals surface area contributed by atoms with Crippen LogP contribution in [0.15, 0.2) is 47.4 Å². The number of halogens is 2. The predicted octanol–water partition coefficient (Wildman–Crippen LogP) is 5.40. The largest absolute Gasteiger partial charge is 0.313 e. The van der Waals surface area contributed by atoms with Crippen molar-refractivity contribution in [2.45, 2.75) is 24.1 Å². The molecule has 0 saturated heterocycles. The van der Waals surface area contributed by atoms with Crippen LogP contribution in [0.5, 0.6) is 0 Å². The Balaban J connectivity index is 1.95. The van der Waals surface area contributed by atoms with E-state index >= 15 is 0 Å². The second kappa shape index (κ2) is 7.94. The second-order valence-electron chi connectivity index (χ2n) is 4.43. The zero-order valence-electron chi connectivity index (χ0n) is 11.3. The highest BCUT2D eigenvalue weighted by Gasteiger charge is 2.05. The Bertz CT molecular complexity index is 555. The van der Waals surface area contributed by atoms with Crippen LogP contribution in [0.4, 0.5) is 0 Å². The van der Waals surface area contributed by atoms with Gasteiger partial charge in [0, 0.05) is 17.2 Å². The lowest BCUT2D eigenvalue weighted by Gasteiger charge is -2.07. The van der Waals surface area contributed by atoms with Crippen LogP contribution in [-0.2, 0) is 12.3 Å². The van der Waals surface area contributed by atoms with Crippen molar-refractivity contribution in [3.8, 4) is 0 Å². The molecule has 2 aromatic rings. The zero-order chi connectivity index (χ0) is 14.4. The summed E-state index contributed by atoms with van der Waals surface area (Å²) in [5, 5.41) is 4.59. The van der Waals surface area contributed by atoms with Gasteiger partial charge in [-0.3, -0.25) is 0 Å². The van der Waals surface area contributed by atoms with Crippen LogP contribution in [0, 0.1) is 0 Å². The fraction of sp³-hybridized carbons (Fsp3) is 0.250. The third kappa shape index (κ3) is 4.42. The first-order valence-electron chi connectivity index (χ1n) is 6.56. The van der Waals surface area contributed by atoms with Crippen molar-refractivity contribution in [2.75, 3.05) is 6.54 Å². The molecule has 0 atom stereocenters. The molecule has 0 unspecified atom stereocenters. The molecule has 0 aliphatic heterocycles. The van der Waals surface area contributed by atoms with E-state index in [0.717, 1.165) is 24.4 Å². The maximum atomic E-state index is 6.19. The van der Waals surface area contributed by atoms with E-state index in [-0.39, 0.29) is 0 Å². The van der Waals surface area contributed by atoms with Crippen LogP contribution in [0.1, 0.15) is 18.1 Å². The van der Waals surface area contributed by atoms with E-state index < -0.39 is 0 Å². The van der Waals surface area contributed by atoms with Gasteiger partial charge in [-0.25, -0.2) is 0 Å². The molecular weight excluding hydrogens is 309 g/mol. The van der Waals surface area contributed by atoms with Crippen molar-refractivity contribution in [1.82, 2.24) is 5.32 Å². The second-order valence-corrected chi connectivity index (χ2v) is 6.26. The summed E-state index contributed by atoms with van der Waals surface area (Å²) in [6.07, 6.45) is 0. The standard InChI is InChI=1S/C16H17Cl2NS/c1-2-19-10-12-6-8-14(9-7-12)20-11-13-4-3-5-15(17)16(13)18/h3-9,19H,2,10-11H2,1H3. The van der Waals surface area contributed by atoms with E-state index in [1.807, 2.05) is 18.2 Å². The van der Waals surface area contributed by atoms with E-state index in [2.05, 4.69) is 36.5 Å². The molecule has 2 aromatic carbocycles. The number of hydrogen-bond acceptors (Lipinski definition) is 2. The minimum atomic E-state index is 0.616. The molecule has 0 radical (unpaired) electrons. The van der Waals surface area contributed by atoms with Gasteiger partial charge in [0.25, 0.3) is 0 Å². The third-order valence-corrected chi connectivity index (χ3v) is 4.85. The number of rotatable bonds is 6. The SMILES string of the molecule is CCNCc1ccc(SCc2cccc(Cl)c2Cl)cc1. The molecule has 0 saturated carbocycles. The zero-order valence-corrected chi connectivity index (χ0v) is 13.7. The summed E-state index contributed by atoms with van der Waals surface area (Å²) in [5.74, 6) is 0.825. The maximum Gasteiger partial charge on any atom is 0.0632 e. The van der Waals surface area contributed by atoms with Gasteiger partial charge in [0.05, 0.1) is 10.0 Å². The van der Waals surface area contributed by atoms with Crippen molar-refractivity contribution in [2.24, 2.45) is 0 Å². The molecule has 1 nitrogen and oxygen atoms in total. The molecule has 0 spiro atoms. The van der Waals surface area contributed by atoms with Crippen LogP contribution >= 0.6 is 35.0 Å². The molecule has 1 N–H and O–H groups in total. The van der Waals surface area contributed by atoms with E-state index in [1.54, 1.807) is 11.8 Å². The molecule has 0 bridgehead atoms. The van der Waals surface area contributed by atoms with Gasteiger partial charge in [0.2, 0.25) is 0 Å². The van der Waals surface area contributed by atoms with Gasteiger partial charge in [-0.2, -0.15) is 0 Å². The van der Waals surface area contributed by atoms with Gasteiger partial charge < -0.3 is 5.32 Å². The quantitative estimate of drug-likeness (QED) is 0.714. The Kier molecular flexibility index (Phi) is 6.24. The first kappa shape index (κ1) is 15.7. The summed E-state index contributed by atoms with van der Waals surface area (Å²) in [4.78, 5) is 1.24. The van der Waals surface area contributed by atoms with Crippen LogP contribution in [0.3, 0.4) is 0 Å². The van der Waals surface area contributed by atoms with E-state index in [0.29, 0.717) is 10.0 Å². The van der Waals surface area contributed by atoms with Crippen molar-refractivity contribution in [1.29, 1.82) is 0 Å².